The first kappa shape index (κ1) is 18.1. The molecule has 1 N–H and O–H groups in total. The van der Waals surface area contributed by atoms with Crippen LogP contribution in [0.1, 0.15) is 36.5 Å². The summed E-state index contributed by atoms with van der Waals surface area (Å²) in [5.74, 6) is 1.43. The summed E-state index contributed by atoms with van der Waals surface area (Å²) in [5.41, 5.74) is 5.08. The number of hydrogen-bond acceptors (Lipinski definition) is 2. The summed E-state index contributed by atoms with van der Waals surface area (Å²) in [6.07, 6.45) is 0.922. The molecule has 0 fully saturated rings. The summed E-state index contributed by atoms with van der Waals surface area (Å²) >= 11 is 0. The number of para-hydroxylation sites is 1. The molecule has 134 valence electrons. The van der Waals surface area contributed by atoms with Crippen LogP contribution in [0.15, 0.2) is 78.9 Å². The molecular formula is C24H27NO. The van der Waals surface area contributed by atoms with Crippen LogP contribution < -0.4 is 10.1 Å². The average molecular weight is 345 g/mol. The van der Waals surface area contributed by atoms with Gasteiger partial charge in [0.1, 0.15) is 5.75 Å². The quantitative estimate of drug-likeness (QED) is 0.537. The summed E-state index contributed by atoms with van der Waals surface area (Å²) in [7, 11) is 0. The summed E-state index contributed by atoms with van der Waals surface area (Å²) in [5, 5.41) is 3.56. The van der Waals surface area contributed by atoms with Crippen LogP contribution in [-0.2, 0) is 13.0 Å². The van der Waals surface area contributed by atoms with Gasteiger partial charge in [-0.25, -0.2) is 0 Å². The van der Waals surface area contributed by atoms with Gasteiger partial charge in [-0.05, 0) is 40.8 Å². The molecule has 0 aliphatic rings. The fraction of sp³-hybridized carbons (Fsp3) is 0.250. The number of hydrogen-bond donors (Lipinski definition) is 1. The van der Waals surface area contributed by atoms with Gasteiger partial charge in [0.25, 0.3) is 0 Å². The van der Waals surface area contributed by atoms with Crippen LogP contribution in [0.3, 0.4) is 0 Å². The molecule has 3 aromatic carbocycles. The van der Waals surface area contributed by atoms with Crippen molar-refractivity contribution in [1.29, 1.82) is 0 Å². The predicted octanol–water partition coefficient (Wildman–Crippen LogP) is 6.04. The first-order valence-corrected chi connectivity index (χ1v) is 9.31. The molecule has 3 rings (SSSR count). The fourth-order valence-electron chi connectivity index (χ4n) is 3.04. The Morgan fingerprint density at radius 1 is 0.808 bits per heavy atom. The normalized spacial score (nSPS) is 10.7. The molecule has 0 heterocycles. The largest absolute Gasteiger partial charge is 0.493 e. The lowest BCUT2D eigenvalue weighted by Gasteiger charge is -2.15. The Kier molecular flexibility index (Phi) is 6.32. The van der Waals surface area contributed by atoms with Gasteiger partial charge in [0, 0.05) is 18.7 Å². The van der Waals surface area contributed by atoms with Crippen molar-refractivity contribution in [3.63, 3.8) is 0 Å². The van der Waals surface area contributed by atoms with Crippen molar-refractivity contribution >= 4 is 5.69 Å². The lowest BCUT2D eigenvalue weighted by atomic mass is 10.0. The minimum Gasteiger partial charge on any atom is -0.493 e. The van der Waals surface area contributed by atoms with Crippen molar-refractivity contribution in [2.45, 2.75) is 32.7 Å². The van der Waals surface area contributed by atoms with E-state index in [1.54, 1.807) is 0 Å². The second-order valence-corrected chi connectivity index (χ2v) is 6.83. The van der Waals surface area contributed by atoms with Gasteiger partial charge in [-0.2, -0.15) is 0 Å². The van der Waals surface area contributed by atoms with Gasteiger partial charge < -0.3 is 10.1 Å². The van der Waals surface area contributed by atoms with E-state index in [4.69, 9.17) is 4.74 Å². The molecule has 0 saturated carbocycles. The van der Waals surface area contributed by atoms with Crippen LogP contribution in [0, 0.1) is 0 Å². The van der Waals surface area contributed by atoms with Crippen molar-refractivity contribution in [2.75, 3.05) is 11.9 Å². The second kappa shape index (κ2) is 9.10. The Labute approximate surface area is 156 Å². The smallest absolute Gasteiger partial charge is 0.119 e. The van der Waals surface area contributed by atoms with Crippen LogP contribution in [0.25, 0.3) is 0 Å². The van der Waals surface area contributed by atoms with Crippen LogP contribution in [-0.4, -0.2) is 6.61 Å². The second-order valence-electron chi connectivity index (χ2n) is 6.83. The first-order chi connectivity index (χ1) is 12.7. The Bertz CT molecular complexity index is 811. The number of rotatable bonds is 8. The predicted molar refractivity (Wildman–Crippen MR) is 110 cm³/mol. The van der Waals surface area contributed by atoms with Gasteiger partial charge in [0.15, 0.2) is 0 Å². The van der Waals surface area contributed by atoms with Gasteiger partial charge >= 0.3 is 0 Å². The Hall–Kier alpha value is -2.74. The zero-order valence-electron chi connectivity index (χ0n) is 15.6. The van der Waals surface area contributed by atoms with Gasteiger partial charge in [0.2, 0.25) is 0 Å². The molecule has 0 bridgehead atoms. The molecule has 0 amide bonds. The molecule has 0 saturated heterocycles. The van der Waals surface area contributed by atoms with Crippen molar-refractivity contribution in [2.24, 2.45) is 0 Å². The van der Waals surface area contributed by atoms with Gasteiger partial charge in [-0.1, -0.05) is 74.5 Å². The molecule has 0 radical (unpaired) electrons. The lowest BCUT2D eigenvalue weighted by molar-refractivity contribution is 0.321. The van der Waals surface area contributed by atoms with E-state index in [0.717, 1.165) is 18.7 Å². The molecular weight excluding hydrogens is 318 g/mol. The first-order valence-electron chi connectivity index (χ1n) is 9.31. The third kappa shape index (κ3) is 5.13. The summed E-state index contributed by atoms with van der Waals surface area (Å²) in [6, 6.07) is 27.3. The number of ether oxygens (including phenoxy) is 1. The maximum atomic E-state index is 5.94. The molecule has 0 unspecified atom stereocenters. The Balaban J connectivity index is 1.56. The van der Waals surface area contributed by atoms with Crippen molar-refractivity contribution in [1.82, 2.24) is 0 Å². The number of nitrogens with one attached hydrogen (secondary N) is 1. The van der Waals surface area contributed by atoms with Gasteiger partial charge in [-0.15, -0.1) is 0 Å². The highest BCUT2D eigenvalue weighted by atomic mass is 16.5. The van der Waals surface area contributed by atoms with Crippen LogP contribution in [0.4, 0.5) is 5.69 Å². The Morgan fingerprint density at radius 2 is 1.54 bits per heavy atom. The lowest BCUT2D eigenvalue weighted by Crippen LogP contribution is -2.04. The summed E-state index contributed by atoms with van der Waals surface area (Å²) in [6.45, 7) is 5.93. The van der Waals surface area contributed by atoms with E-state index in [1.165, 1.54) is 22.4 Å². The molecule has 2 heteroatoms. The van der Waals surface area contributed by atoms with Crippen LogP contribution in [0.2, 0.25) is 0 Å². The van der Waals surface area contributed by atoms with E-state index < -0.39 is 0 Å². The zero-order valence-corrected chi connectivity index (χ0v) is 15.6. The van der Waals surface area contributed by atoms with Crippen LogP contribution >= 0.6 is 0 Å². The summed E-state index contributed by atoms with van der Waals surface area (Å²) in [4.78, 5) is 0. The number of benzene rings is 3. The van der Waals surface area contributed by atoms with E-state index in [0.29, 0.717) is 12.5 Å². The molecule has 0 atom stereocenters. The standard InChI is InChI=1S/C24H27NO/c1-19(2)23-13-6-7-14-24(23)25-18-21-11-8-12-22(17-21)26-16-15-20-9-4-3-5-10-20/h3-14,17,19,25H,15-16,18H2,1-2H3. The van der Waals surface area contributed by atoms with E-state index >= 15 is 0 Å². The third-order valence-corrected chi connectivity index (χ3v) is 4.47. The molecule has 0 aliphatic carbocycles. The van der Waals surface area contributed by atoms with E-state index in [2.05, 4.69) is 85.9 Å². The number of anilines is 1. The summed E-state index contributed by atoms with van der Waals surface area (Å²) < 4.78 is 5.94. The molecule has 3 aromatic rings. The third-order valence-electron chi connectivity index (χ3n) is 4.47. The highest BCUT2D eigenvalue weighted by Crippen LogP contribution is 2.24. The van der Waals surface area contributed by atoms with E-state index in [9.17, 15) is 0 Å². The topological polar surface area (TPSA) is 21.3 Å². The Morgan fingerprint density at radius 3 is 2.35 bits per heavy atom. The molecule has 0 spiro atoms. The van der Waals surface area contributed by atoms with Gasteiger partial charge in [-0.3, -0.25) is 0 Å². The molecule has 26 heavy (non-hydrogen) atoms. The van der Waals surface area contributed by atoms with Crippen molar-refractivity contribution in [3.05, 3.63) is 95.6 Å². The SMILES string of the molecule is CC(C)c1ccccc1NCc1cccc(OCCc2ccccc2)c1. The monoisotopic (exact) mass is 345 g/mol. The van der Waals surface area contributed by atoms with E-state index in [-0.39, 0.29) is 0 Å². The maximum absolute atomic E-state index is 5.94. The van der Waals surface area contributed by atoms with Crippen LogP contribution in [0.5, 0.6) is 5.75 Å². The van der Waals surface area contributed by atoms with Crippen molar-refractivity contribution < 1.29 is 4.74 Å². The zero-order chi connectivity index (χ0) is 18.2. The highest BCUT2D eigenvalue weighted by Gasteiger charge is 2.05. The fourth-order valence-corrected chi connectivity index (χ4v) is 3.04. The maximum Gasteiger partial charge on any atom is 0.119 e. The van der Waals surface area contributed by atoms with Crippen molar-refractivity contribution in [3.8, 4) is 5.75 Å². The molecule has 0 aromatic heterocycles. The minimum atomic E-state index is 0.506. The molecule has 0 aliphatic heterocycles. The minimum absolute atomic E-state index is 0.506. The highest BCUT2D eigenvalue weighted by molar-refractivity contribution is 5.53. The van der Waals surface area contributed by atoms with Gasteiger partial charge in [0.05, 0.1) is 6.61 Å². The average Bonchev–Trinajstić information content (AvgIpc) is 2.68. The van der Waals surface area contributed by atoms with E-state index in [1.807, 2.05) is 12.1 Å². The molecule has 2 nitrogen and oxygen atoms in total.